The SMILES string of the molecule is CCOC1CC(N2CC(C(C)CC)NCC2C)C1. The molecular formula is C15H30N2O. The minimum absolute atomic E-state index is 0.532. The van der Waals surface area contributed by atoms with Crippen molar-refractivity contribution < 1.29 is 4.74 Å². The number of nitrogens with one attached hydrogen (secondary N) is 1. The van der Waals surface area contributed by atoms with Gasteiger partial charge in [-0.25, -0.2) is 0 Å². The molecule has 3 heteroatoms. The zero-order valence-corrected chi connectivity index (χ0v) is 12.5. The molecule has 0 radical (unpaired) electrons. The predicted molar refractivity (Wildman–Crippen MR) is 75.8 cm³/mol. The van der Waals surface area contributed by atoms with Crippen LogP contribution in [0.15, 0.2) is 0 Å². The molecule has 1 aliphatic heterocycles. The maximum Gasteiger partial charge on any atom is 0.0604 e. The van der Waals surface area contributed by atoms with E-state index in [9.17, 15) is 0 Å². The Morgan fingerprint density at radius 1 is 1.33 bits per heavy atom. The molecule has 3 nitrogen and oxygen atoms in total. The van der Waals surface area contributed by atoms with E-state index in [1.54, 1.807) is 0 Å². The summed E-state index contributed by atoms with van der Waals surface area (Å²) in [6.45, 7) is 12.3. The zero-order chi connectivity index (χ0) is 13.1. The normalized spacial score (nSPS) is 39.3. The first-order valence-electron chi connectivity index (χ1n) is 7.76. The van der Waals surface area contributed by atoms with Crippen LogP contribution >= 0.6 is 0 Å². The lowest BCUT2D eigenvalue weighted by molar-refractivity contribution is -0.0663. The van der Waals surface area contributed by atoms with E-state index in [0.717, 1.165) is 25.1 Å². The molecule has 0 amide bonds. The molecule has 0 aromatic rings. The van der Waals surface area contributed by atoms with Gasteiger partial charge in [0.25, 0.3) is 0 Å². The van der Waals surface area contributed by atoms with E-state index in [1.807, 2.05) is 0 Å². The largest absolute Gasteiger partial charge is 0.378 e. The van der Waals surface area contributed by atoms with Gasteiger partial charge in [-0.05, 0) is 32.6 Å². The van der Waals surface area contributed by atoms with Gasteiger partial charge in [-0.1, -0.05) is 20.3 Å². The molecule has 1 heterocycles. The smallest absolute Gasteiger partial charge is 0.0604 e. The van der Waals surface area contributed by atoms with Gasteiger partial charge in [-0.2, -0.15) is 0 Å². The van der Waals surface area contributed by atoms with Gasteiger partial charge in [0.2, 0.25) is 0 Å². The third kappa shape index (κ3) is 3.06. The molecule has 1 aliphatic carbocycles. The maximum absolute atomic E-state index is 5.69. The molecule has 0 aromatic carbocycles. The summed E-state index contributed by atoms with van der Waals surface area (Å²) in [5.74, 6) is 0.780. The van der Waals surface area contributed by atoms with Crippen molar-refractivity contribution in [2.24, 2.45) is 5.92 Å². The summed E-state index contributed by atoms with van der Waals surface area (Å²) in [6, 6.07) is 2.13. The van der Waals surface area contributed by atoms with E-state index in [-0.39, 0.29) is 0 Å². The molecule has 3 atom stereocenters. The summed E-state index contributed by atoms with van der Waals surface area (Å²) < 4.78 is 5.69. The summed E-state index contributed by atoms with van der Waals surface area (Å²) in [7, 11) is 0. The molecule has 0 aromatic heterocycles. The van der Waals surface area contributed by atoms with Crippen LogP contribution in [0.3, 0.4) is 0 Å². The quantitative estimate of drug-likeness (QED) is 0.814. The van der Waals surface area contributed by atoms with Gasteiger partial charge < -0.3 is 10.1 Å². The summed E-state index contributed by atoms with van der Waals surface area (Å²) in [4.78, 5) is 2.73. The minimum Gasteiger partial charge on any atom is -0.378 e. The molecule has 2 aliphatic rings. The number of nitrogens with zero attached hydrogens (tertiary/aromatic N) is 1. The molecule has 1 N–H and O–H groups in total. The molecule has 2 rings (SSSR count). The molecule has 106 valence electrons. The van der Waals surface area contributed by atoms with Gasteiger partial charge in [-0.15, -0.1) is 0 Å². The Kier molecular flexibility index (Phi) is 5.05. The van der Waals surface area contributed by atoms with Crippen molar-refractivity contribution in [1.29, 1.82) is 0 Å². The van der Waals surface area contributed by atoms with Crippen molar-refractivity contribution >= 4 is 0 Å². The van der Waals surface area contributed by atoms with E-state index < -0.39 is 0 Å². The highest BCUT2D eigenvalue weighted by atomic mass is 16.5. The zero-order valence-electron chi connectivity index (χ0n) is 12.5. The van der Waals surface area contributed by atoms with Gasteiger partial charge in [0.1, 0.15) is 0 Å². The first-order chi connectivity index (χ1) is 8.65. The van der Waals surface area contributed by atoms with Crippen LogP contribution in [0.2, 0.25) is 0 Å². The first-order valence-corrected chi connectivity index (χ1v) is 7.76. The van der Waals surface area contributed by atoms with Crippen LogP contribution in [0.5, 0.6) is 0 Å². The second-order valence-electron chi connectivity index (χ2n) is 6.15. The fourth-order valence-electron chi connectivity index (χ4n) is 3.27. The number of rotatable bonds is 5. The van der Waals surface area contributed by atoms with Crippen molar-refractivity contribution in [2.45, 2.75) is 71.2 Å². The highest BCUT2D eigenvalue weighted by Crippen LogP contribution is 2.31. The van der Waals surface area contributed by atoms with Crippen LogP contribution in [0.1, 0.15) is 47.0 Å². The molecule has 18 heavy (non-hydrogen) atoms. The van der Waals surface area contributed by atoms with Gasteiger partial charge in [0.15, 0.2) is 0 Å². The summed E-state index contributed by atoms with van der Waals surface area (Å²) >= 11 is 0. The van der Waals surface area contributed by atoms with E-state index in [1.165, 1.54) is 25.8 Å². The number of ether oxygens (including phenoxy) is 1. The number of piperazine rings is 1. The standard InChI is InChI=1S/C15H30N2O/c1-5-11(3)15-10-17(12(4)9-16-15)13-7-14(8-13)18-6-2/h11-16H,5-10H2,1-4H3. The van der Waals surface area contributed by atoms with Gasteiger partial charge in [0, 0.05) is 37.8 Å². The summed E-state index contributed by atoms with van der Waals surface area (Å²) in [5.41, 5.74) is 0. The molecule has 2 fully saturated rings. The van der Waals surface area contributed by atoms with Crippen LogP contribution in [-0.2, 0) is 4.74 Å². The van der Waals surface area contributed by atoms with Crippen molar-refractivity contribution in [3.63, 3.8) is 0 Å². The van der Waals surface area contributed by atoms with Gasteiger partial charge in [0.05, 0.1) is 6.10 Å². The van der Waals surface area contributed by atoms with Gasteiger partial charge in [-0.3, -0.25) is 4.90 Å². The second-order valence-corrected chi connectivity index (χ2v) is 6.15. The molecular weight excluding hydrogens is 224 g/mol. The summed E-state index contributed by atoms with van der Waals surface area (Å²) in [6.07, 6.45) is 4.28. The van der Waals surface area contributed by atoms with E-state index in [0.29, 0.717) is 18.2 Å². The Morgan fingerprint density at radius 3 is 2.67 bits per heavy atom. The molecule has 0 bridgehead atoms. The lowest BCUT2D eigenvalue weighted by atomic mass is 9.85. The molecule has 1 saturated carbocycles. The van der Waals surface area contributed by atoms with E-state index in [4.69, 9.17) is 4.74 Å². The Balaban J connectivity index is 1.83. The van der Waals surface area contributed by atoms with E-state index >= 15 is 0 Å². The van der Waals surface area contributed by atoms with Crippen LogP contribution in [-0.4, -0.2) is 48.8 Å². The molecule has 3 unspecified atom stereocenters. The Bertz CT molecular complexity index is 253. The second kappa shape index (κ2) is 6.36. The summed E-state index contributed by atoms with van der Waals surface area (Å²) in [5, 5.41) is 3.72. The average Bonchev–Trinajstić information content (AvgIpc) is 2.33. The Morgan fingerprint density at radius 2 is 2.06 bits per heavy atom. The number of hydrogen-bond acceptors (Lipinski definition) is 3. The topological polar surface area (TPSA) is 24.5 Å². The number of hydrogen-bond donors (Lipinski definition) is 1. The fourth-order valence-corrected chi connectivity index (χ4v) is 3.27. The maximum atomic E-state index is 5.69. The fraction of sp³-hybridized carbons (Fsp3) is 1.00. The molecule has 1 saturated heterocycles. The van der Waals surface area contributed by atoms with Crippen molar-refractivity contribution in [3.8, 4) is 0 Å². The molecule has 0 spiro atoms. The van der Waals surface area contributed by atoms with E-state index in [2.05, 4.69) is 37.9 Å². The van der Waals surface area contributed by atoms with Gasteiger partial charge >= 0.3 is 0 Å². The lowest BCUT2D eigenvalue weighted by Gasteiger charge is -2.50. The first kappa shape index (κ1) is 14.3. The highest BCUT2D eigenvalue weighted by molar-refractivity contribution is 4.95. The van der Waals surface area contributed by atoms with Crippen LogP contribution in [0.25, 0.3) is 0 Å². The van der Waals surface area contributed by atoms with Crippen LogP contribution in [0.4, 0.5) is 0 Å². The average molecular weight is 254 g/mol. The third-order valence-corrected chi connectivity index (χ3v) is 4.92. The van der Waals surface area contributed by atoms with Crippen molar-refractivity contribution in [1.82, 2.24) is 10.2 Å². The monoisotopic (exact) mass is 254 g/mol. The van der Waals surface area contributed by atoms with Crippen LogP contribution in [0, 0.1) is 5.92 Å². The highest BCUT2D eigenvalue weighted by Gasteiger charge is 2.39. The van der Waals surface area contributed by atoms with Crippen LogP contribution < -0.4 is 5.32 Å². The third-order valence-electron chi connectivity index (χ3n) is 4.92. The minimum atomic E-state index is 0.532. The Labute approximate surface area is 112 Å². The predicted octanol–water partition coefficient (Wildman–Crippen LogP) is 2.26. The van der Waals surface area contributed by atoms with Crippen molar-refractivity contribution in [3.05, 3.63) is 0 Å². The van der Waals surface area contributed by atoms with Crippen molar-refractivity contribution in [2.75, 3.05) is 19.7 Å². The lowest BCUT2D eigenvalue weighted by Crippen LogP contribution is -2.63. The Hall–Kier alpha value is -0.120.